The first-order valence-corrected chi connectivity index (χ1v) is 6.16. The van der Waals surface area contributed by atoms with E-state index in [0.29, 0.717) is 12.3 Å². The Kier molecular flexibility index (Phi) is 4.40. The highest BCUT2D eigenvalue weighted by Crippen LogP contribution is 2.21. The SMILES string of the molecule is COc1cccc(CC(O)CC2CCOC2)c1. The van der Waals surface area contributed by atoms with Gasteiger partial charge in [0.25, 0.3) is 0 Å². The Morgan fingerprint density at radius 1 is 1.53 bits per heavy atom. The highest BCUT2D eigenvalue weighted by Gasteiger charge is 2.19. The maximum Gasteiger partial charge on any atom is 0.119 e. The van der Waals surface area contributed by atoms with Gasteiger partial charge in [0, 0.05) is 13.2 Å². The standard InChI is InChI=1S/C14H20O3/c1-16-14-4-2-3-11(9-14)7-13(15)8-12-5-6-17-10-12/h2-4,9,12-13,15H,5-8,10H2,1H3. The van der Waals surface area contributed by atoms with E-state index in [4.69, 9.17) is 9.47 Å². The fourth-order valence-corrected chi connectivity index (χ4v) is 2.31. The van der Waals surface area contributed by atoms with Crippen molar-refractivity contribution >= 4 is 0 Å². The van der Waals surface area contributed by atoms with Crippen molar-refractivity contribution in [2.24, 2.45) is 5.92 Å². The van der Waals surface area contributed by atoms with Crippen LogP contribution in [0.25, 0.3) is 0 Å². The molecule has 17 heavy (non-hydrogen) atoms. The summed E-state index contributed by atoms with van der Waals surface area (Å²) in [4.78, 5) is 0. The van der Waals surface area contributed by atoms with E-state index in [0.717, 1.165) is 37.4 Å². The monoisotopic (exact) mass is 236 g/mol. The summed E-state index contributed by atoms with van der Waals surface area (Å²) in [6.07, 6.45) is 2.31. The van der Waals surface area contributed by atoms with Crippen molar-refractivity contribution in [3.63, 3.8) is 0 Å². The van der Waals surface area contributed by atoms with Gasteiger partial charge in [0.15, 0.2) is 0 Å². The van der Waals surface area contributed by atoms with Gasteiger partial charge in [-0.05, 0) is 42.9 Å². The van der Waals surface area contributed by atoms with Crippen LogP contribution in [0.4, 0.5) is 0 Å². The number of ether oxygens (including phenoxy) is 2. The van der Waals surface area contributed by atoms with Crippen LogP contribution in [-0.2, 0) is 11.2 Å². The van der Waals surface area contributed by atoms with E-state index in [2.05, 4.69) is 0 Å². The average Bonchev–Trinajstić information content (AvgIpc) is 2.82. The van der Waals surface area contributed by atoms with E-state index in [9.17, 15) is 5.11 Å². The number of rotatable bonds is 5. The molecule has 0 aromatic heterocycles. The molecule has 1 aliphatic rings. The molecule has 1 heterocycles. The molecule has 0 spiro atoms. The summed E-state index contributed by atoms with van der Waals surface area (Å²) in [6, 6.07) is 7.88. The van der Waals surface area contributed by atoms with Gasteiger partial charge in [0.1, 0.15) is 5.75 Å². The zero-order chi connectivity index (χ0) is 12.1. The maximum absolute atomic E-state index is 10.0. The van der Waals surface area contributed by atoms with Crippen LogP contribution in [0.1, 0.15) is 18.4 Å². The van der Waals surface area contributed by atoms with Crippen LogP contribution in [0.3, 0.4) is 0 Å². The molecule has 3 heteroatoms. The first-order valence-electron chi connectivity index (χ1n) is 6.16. The molecule has 1 aromatic rings. The molecule has 0 aliphatic carbocycles. The van der Waals surface area contributed by atoms with Crippen molar-refractivity contribution in [3.05, 3.63) is 29.8 Å². The predicted octanol–water partition coefficient (Wildman–Crippen LogP) is 2.03. The molecule has 0 amide bonds. The molecule has 0 bridgehead atoms. The summed E-state index contributed by atoms with van der Waals surface area (Å²) in [5.74, 6) is 1.37. The van der Waals surface area contributed by atoms with Crippen molar-refractivity contribution in [1.29, 1.82) is 0 Å². The third kappa shape index (κ3) is 3.72. The normalized spacial score (nSPS) is 21.4. The molecular weight excluding hydrogens is 216 g/mol. The average molecular weight is 236 g/mol. The molecule has 0 saturated carbocycles. The summed E-state index contributed by atoms with van der Waals surface area (Å²) in [5, 5.41) is 10.0. The summed E-state index contributed by atoms with van der Waals surface area (Å²) in [6.45, 7) is 1.64. The van der Waals surface area contributed by atoms with E-state index in [1.54, 1.807) is 7.11 Å². The van der Waals surface area contributed by atoms with E-state index in [1.165, 1.54) is 0 Å². The third-order valence-electron chi connectivity index (χ3n) is 3.23. The molecule has 2 rings (SSSR count). The van der Waals surface area contributed by atoms with Crippen LogP contribution in [-0.4, -0.2) is 31.5 Å². The van der Waals surface area contributed by atoms with Gasteiger partial charge in [-0.25, -0.2) is 0 Å². The lowest BCUT2D eigenvalue weighted by molar-refractivity contribution is 0.128. The third-order valence-corrected chi connectivity index (χ3v) is 3.23. The molecule has 1 fully saturated rings. The molecule has 2 atom stereocenters. The van der Waals surface area contributed by atoms with E-state index >= 15 is 0 Å². The second-order valence-corrected chi connectivity index (χ2v) is 4.67. The van der Waals surface area contributed by atoms with Crippen molar-refractivity contribution < 1.29 is 14.6 Å². The second-order valence-electron chi connectivity index (χ2n) is 4.67. The number of hydrogen-bond acceptors (Lipinski definition) is 3. The molecule has 1 aromatic carbocycles. The Morgan fingerprint density at radius 3 is 3.12 bits per heavy atom. The van der Waals surface area contributed by atoms with Crippen molar-refractivity contribution in [1.82, 2.24) is 0 Å². The van der Waals surface area contributed by atoms with Crippen molar-refractivity contribution in [2.75, 3.05) is 20.3 Å². The Balaban J connectivity index is 1.85. The quantitative estimate of drug-likeness (QED) is 0.850. The first kappa shape index (κ1) is 12.4. The van der Waals surface area contributed by atoms with Crippen LogP contribution in [0.15, 0.2) is 24.3 Å². The number of aliphatic hydroxyl groups is 1. The van der Waals surface area contributed by atoms with Gasteiger partial charge in [-0.2, -0.15) is 0 Å². The fourth-order valence-electron chi connectivity index (χ4n) is 2.31. The maximum atomic E-state index is 10.0. The minimum Gasteiger partial charge on any atom is -0.497 e. The molecular formula is C14H20O3. The largest absolute Gasteiger partial charge is 0.497 e. The molecule has 94 valence electrons. The summed E-state index contributed by atoms with van der Waals surface area (Å²) < 4.78 is 10.5. The van der Waals surface area contributed by atoms with Crippen LogP contribution in [0.5, 0.6) is 5.75 Å². The first-order chi connectivity index (χ1) is 8.28. The van der Waals surface area contributed by atoms with Gasteiger partial charge in [-0.1, -0.05) is 12.1 Å². The highest BCUT2D eigenvalue weighted by atomic mass is 16.5. The van der Waals surface area contributed by atoms with E-state index in [-0.39, 0.29) is 6.10 Å². The zero-order valence-corrected chi connectivity index (χ0v) is 10.3. The van der Waals surface area contributed by atoms with E-state index in [1.807, 2.05) is 24.3 Å². The number of hydrogen-bond donors (Lipinski definition) is 1. The topological polar surface area (TPSA) is 38.7 Å². The van der Waals surface area contributed by atoms with Crippen LogP contribution >= 0.6 is 0 Å². The Hall–Kier alpha value is -1.06. The van der Waals surface area contributed by atoms with Gasteiger partial charge in [0.2, 0.25) is 0 Å². The van der Waals surface area contributed by atoms with Gasteiger partial charge < -0.3 is 14.6 Å². The van der Waals surface area contributed by atoms with Crippen LogP contribution in [0, 0.1) is 5.92 Å². The minimum atomic E-state index is -0.284. The van der Waals surface area contributed by atoms with E-state index < -0.39 is 0 Å². The van der Waals surface area contributed by atoms with Gasteiger partial charge in [-0.3, -0.25) is 0 Å². The smallest absolute Gasteiger partial charge is 0.119 e. The number of methoxy groups -OCH3 is 1. The Bertz CT molecular complexity index is 345. The zero-order valence-electron chi connectivity index (χ0n) is 10.3. The van der Waals surface area contributed by atoms with Gasteiger partial charge >= 0.3 is 0 Å². The highest BCUT2D eigenvalue weighted by molar-refractivity contribution is 5.28. The second kappa shape index (κ2) is 6.03. The molecule has 1 N–H and O–H groups in total. The predicted molar refractivity (Wildman–Crippen MR) is 66.2 cm³/mol. The minimum absolute atomic E-state index is 0.284. The lowest BCUT2D eigenvalue weighted by Crippen LogP contribution is -2.16. The Morgan fingerprint density at radius 2 is 2.41 bits per heavy atom. The lowest BCUT2D eigenvalue weighted by atomic mass is 9.96. The summed E-state index contributed by atoms with van der Waals surface area (Å²) in [5.41, 5.74) is 1.12. The molecule has 1 aliphatic heterocycles. The number of aliphatic hydroxyl groups excluding tert-OH is 1. The molecule has 1 saturated heterocycles. The van der Waals surface area contributed by atoms with Crippen LogP contribution in [0.2, 0.25) is 0 Å². The lowest BCUT2D eigenvalue weighted by Gasteiger charge is -2.14. The summed E-state index contributed by atoms with van der Waals surface area (Å²) in [7, 11) is 1.66. The van der Waals surface area contributed by atoms with Crippen LogP contribution < -0.4 is 4.74 Å². The Labute approximate surface area is 102 Å². The van der Waals surface area contributed by atoms with Crippen molar-refractivity contribution in [3.8, 4) is 5.75 Å². The number of benzene rings is 1. The van der Waals surface area contributed by atoms with Crippen molar-refractivity contribution in [2.45, 2.75) is 25.4 Å². The molecule has 0 radical (unpaired) electrons. The van der Waals surface area contributed by atoms with Gasteiger partial charge in [-0.15, -0.1) is 0 Å². The summed E-state index contributed by atoms with van der Waals surface area (Å²) >= 11 is 0. The van der Waals surface area contributed by atoms with Gasteiger partial charge in [0.05, 0.1) is 13.2 Å². The fraction of sp³-hybridized carbons (Fsp3) is 0.571. The molecule has 2 unspecified atom stereocenters. The molecule has 3 nitrogen and oxygen atoms in total.